The van der Waals surface area contributed by atoms with Crippen molar-refractivity contribution in [3.8, 4) is 0 Å². The Bertz CT molecular complexity index is 372. The Morgan fingerprint density at radius 2 is 2.44 bits per heavy atom. The van der Waals surface area contributed by atoms with Gasteiger partial charge in [-0.05, 0) is 19.2 Å². The molecular weight excluding hydrogens is 222 g/mol. The predicted molar refractivity (Wildman–Crippen MR) is 68.1 cm³/mol. The lowest BCUT2D eigenvalue weighted by Crippen LogP contribution is -2.43. The molecule has 88 valence electrons. The molecule has 0 radical (unpaired) electrons. The van der Waals surface area contributed by atoms with Crippen LogP contribution in [0, 0.1) is 0 Å². The molecule has 5 heteroatoms. The van der Waals surface area contributed by atoms with Crippen molar-refractivity contribution in [3.63, 3.8) is 0 Å². The molecule has 16 heavy (non-hydrogen) atoms. The van der Waals surface area contributed by atoms with Crippen molar-refractivity contribution in [2.45, 2.75) is 17.9 Å². The molecular formula is C11H17N3OS. The van der Waals surface area contributed by atoms with Crippen LogP contribution in [0.4, 0.5) is 11.5 Å². The molecule has 1 aromatic rings. The zero-order valence-corrected chi connectivity index (χ0v) is 10.5. The van der Waals surface area contributed by atoms with Crippen LogP contribution < -0.4 is 10.6 Å². The quantitative estimate of drug-likeness (QED) is 0.795. The van der Waals surface area contributed by atoms with Crippen molar-refractivity contribution in [2.24, 2.45) is 0 Å². The lowest BCUT2D eigenvalue weighted by atomic mass is 10.2. The van der Waals surface area contributed by atoms with E-state index >= 15 is 0 Å². The molecule has 1 fully saturated rings. The first-order chi connectivity index (χ1) is 7.72. The average molecular weight is 239 g/mol. The molecule has 2 rings (SSSR count). The minimum Gasteiger partial charge on any atom is -0.383 e. The van der Waals surface area contributed by atoms with E-state index in [0.717, 1.165) is 30.3 Å². The molecule has 0 unspecified atom stereocenters. The molecule has 1 saturated heterocycles. The number of hydrogen-bond acceptors (Lipinski definition) is 5. The molecule has 0 bridgehead atoms. The number of nitrogens with two attached hydrogens (primary N) is 1. The first-order valence-electron chi connectivity index (χ1n) is 5.36. The minimum absolute atomic E-state index is 0.397. The number of hydrogen-bond donors (Lipinski definition) is 1. The van der Waals surface area contributed by atoms with Gasteiger partial charge in [-0.25, -0.2) is 4.98 Å². The van der Waals surface area contributed by atoms with E-state index in [4.69, 9.17) is 10.5 Å². The highest BCUT2D eigenvalue weighted by Crippen LogP contribution is 2.27. The zero-order valence-electron chi connectivity index (χ0n) is 9.64. The maximum atomic E-state index is 5.79. The summed E-state index contributed by atoms with van der Waals surface area (Å²) < 4.78 is 5.42. The molecule has 1 aliphatic heterocycles. The summed E-state index contributed by atoms with van der Waals surface area (Å²) in [5.41, 5.74) is 6.92. The Morgan fingerprint density at radius 1 is 1.62 bits per heavy atom. The Balaban J connectivity index is 2.25. The second-order valence-electron chi connectivity index (χ2n) is 3.90. The van der Waals surface area contributed by atoms with E-state index in [1.54, 1.807) is 11.8 Å². The first kappa shape index (κ1) is 11.5. The van der Waals surface area contributed by atoms with E-state index in [2.05, 4.69) is 22.9 Å². The van der Waals surface area contributed by atoms with E-state index in [9.17, 15) is 0 Å². The Kier molecular flexibility index (Phi) is 3.56. The number of thioether (sulfide) groups is 1. The summed E-state index contributed by atoms with van der Waals surface area (Å²) in [5.74, 6) is 0.608. The predicted octanol–water partition coefficient (Wildman–Crippen LogP) is 1.61. The van der Waals surface area contributed by atoms with Gasteiger partial charge in [0, 0.05) is 12.6 Å². The van der Waals surface area contributed by atoms with Crippen molar-refractivity contribution in [2.75, 3.05) is 36.6 Å². The molecule has 1 atom stereocenters. The van der Waals surface area contributed by atoms with Crippen molar-refractivity contribution in [3.05, 3.63) is 12.3 Å². The highest BCUT2D eigenvalue weighted by atomic mass is 32.2. The second kappa shape index (κ2) is 4.93. The van der Waals surface area contributed by atoms with Crippen LogP contribution in [0.15, 0.2) is 17.2 Å². The molecule has 1 aliphatic rings. The average Bonchev–Trinajstić information content (AvgIpc) is 2.31. The van der Waals surface area contributed by atoms with Gasteiger partial charge in [0.05, 0.1) is 30.0 Å². The summed E-state index contributed by atoms with van der Waals surface area (Å²) in [6.07, 6.45) is 3.86. The lowest BCUT2D eigenvalue weighted by molar-refractivity contribution is 0.0989. The number of rotatable bonds is 2. The van der Waals surface area contributed by atoms with Crippen LogP contribution in [-0.2, 0) is 4.74 Å². The van der Waals surface area contributed by atoms with Crippen molar-refractivity contribution in [1.29, 1.82) is 0 Å². The molecule has 0 spiro atoms. The fourth-order valence-electron chi connectivity index (χ4n) is 1.88. The third-order valence-corrected chi connectivity index (χ3v) is 3.55. The van der Waals surface area contributed by atoms with Crippen molar-refractivity contribution >= 4 is 23.3 Å². The highest BCUT2D eigenvalue weighted by molar-refractivity contribution is 7.98. The third kappa shape index (κ3) is 2.25. The maximum Gasteiger partial charge on any atom is 0.137 e. The normalized spacial score (nSPS) is 21.1. The number of morpholine rings is 1. The standard InChI is InChI=1S/C11H17N3OS/c1-8-7-15-4-3-14(8)9-5-10(16-2)11(12)13-6-9/h5-6,8H,3-4,7H2,1-2H3,(H2,12,13)/t8-/m1/s1. The van der Waals surface area contributed by atoms with E-state index in [0.29, 0.717) is 11.9 Å². The Morgan fingerprint density at radius 3 is 3.12 bits per heavy atom. The topological polar surface area (TPSA) is 51.4 Å². The summed E-state index contributed by atoms with van der Waals surface area (Å²) in [4.78, 5) is 7.59. The summed E-state index contributed by atoms with van der Waals surface area (Å²) in [6.45, 7) is 4.64. The molecule has 2 N–H and O–H groups in total. The molecule has 0 amide bonds. The van der Waals surface area contributed by atoms with Crippen LogP contribution in [0.3, 0.4) is 0 Å². The first-order valence-corrected chi connectivity index (χ1v) is 6.58. The molecule has 1 aromatic heterocycles. The van der Waals surface area contributed by atoms with Gasteiger partial charge in [-0.2, -0.15) is 0 Å². The van der Waals surface area contributed by atoms with E-state index in [-0.39, 0.29) is 0 Å². The number of aromatic nitrogens is 1. The summed E-state index contributed by atoms with van der Waals surface area (Å²) >= 11 is 1.63. The fraction of sp³-hybridized carbons (Fsp3) is 0.545. The number of anilines is 2. The Hall–Kier alpha value is -0.940. The number of nitrogen functional groups attached to an aromatic ring is 1. The molecule has 0 saturated carbocycles. The van der Waals surface area contributed by atoms with Crippen LogP contribution in [0.2, 0.25) is 0 Å². The van der Waals surface area contributed by atoms with E-state index in [1.807, 2.05) is 12.5 Å². The van der Waals surface area contributed by atoms with E-state index in [1.165, 1.54) is 0 Å². The monoisotopic (exact) mass is 239 g/mol. The van der Waals surface area contributed by atoms with Gasteiger partial charge in [-0.3, -0.25) is 0 Å². The smallest absolute Gasteiger partial charge is 0.137 e. The van der Waals surface area contributed by atoms with Crippen LogP contribution in [0.5, 0.6) is 0 Å². The van der Waals surface area contributed by atoms with Crippen LogP contribution in [0.1, 0.15) is 6.92 Å². The molecule has 0 aromatic carbocycles. The second-order valence-corrected chi connectivity index (χ2v) is 4.75. The van der Waals surface area contributed by atoms with Gasteiger partial charge in [0.2, 0.25) is 0 Å². The SMILES string of the molecule is CSc1cc(N2CCOC[C@H]2C)cnc1N. The zero-order chi connectivity index (χ0) is 11.5. The van der Waals surface area contributed by atoms with Gasteiger partial charge in [-0.15, -0.1) is 11.8 Å². The lowest BCUT2D eigenvalue weighted by Gasteiger charge is -2.35. The van der Waals surface area contributed by atoms with Crippen molar-refractivity contribution in [1.82, 2.24) is 4.98 Å². The van der Waals surface area contributed by atoms with Crippen LogP contribution in [-0.4, -0.2) is 37.0 Å². The largest absolute Gasteiger partial charge is 0.383 e. The summed E-state index contributed by atoms with van der Waals surface area (Å²) in [6, 6.07) is 2.50. The number of pyridine rings is 1. The number of ether oxygens (including phenoxy) is 1. The van der Waals surface area contributed by atoms with Gasteiger partial charge in [0.15, 0.2) is 0 Å². The van der Waals surface area contributed by atoms with E-state index < -0.39 is 0 Å². The van der Waals surface area contributed by atoms with Gasteiger partial charge < -0.3 is 15.4 Å². The summed E-state index contributed by atoms with van der Waals surface area (Å²) in [7, 11) is 0. The fourth-order valence-corrected chi connectivity index (χ4v) is 2.38. The van der Waals surface area contributed by atoms with Gasteiger partial charge in [0.25, 0.3) is 0 Å². The molecule has 4 nitrogen and oxygen atoms in total. The minimum atomic E-state index is 0.397. The third-order valence-electron chi connectivity index (χ3n) is 2.79. The number of nitrogens with zero attached hydrogens (tertiary/aromatic N) is 2. The molecule has 2 heterocycles. The van der Waals surface area contributed by atoms with Gasteiger partial charge in [0.1, 0.15) is 5.82 Å². The Labute approximate surface area is 100 Å². The highest BCUT2D eigenvalue weighted by Gasteiger charge is 2.19. The van der Waals surface area contributed by atoms with Gasteiger partial charge >= 0.3 is 0 Å². The van der Waals surface area contributed by atoms with Crippen molar-refractivity contribution < 1.29 is 4.74 Å². The van der Waals surface area contributed by atoms with Crippen LogP contribution in [0.25, 0.3) is 0 Å². The van der Waals surface area contributed by atoms with Crippen LogP contribution >= 0.6 is 11.8 Å². The van der Waals surface area contributed by atoms with Gasteiger partial charge in [-0.1, -0.05) is 0 Å². The maximum absolute atomic E-state index is 5.79. The molecule has 0 aliphatic carbocycles. The summed E-state index contributed by atoms with van der Waals surface area (Å²) in [5, 5.41) is 0.